The first kappa shape index (κ1) is 14.8. The molecule has 4 heteroatoms. The Morgan fingerprint density at radius 2 is 2.05 bits per heavy atom. The predicted molar refractivity (Wildman–Crippen MR) is 82.2 cm³/mol. The van der Waals surface area contributed by atoms with Gasteiger partial charge in [0.2, 0.25) is 0 Å². The molecule has 4 nitrogen and oxygen atoms in total. The second kappa shape index (κ2) is 6.20. The van der Waals surface area contributed by atoms with E-state index in [1.807, 2.05) is 11.7 Å². The van der Waals surface area contributed by atoms with Gasteiger partial charge in [0, 0.05) is 18.8 Å². The summed E-state index contributed by atoms with van der Waals surface area (Å²) in [6.45, 7) is 6.29. The summed E-state index contributed by atoms with van der Waals surface area (Å²) in [6.07, 6.45) is 1.95. The second-order valence-electron chi connectivity index (χ2n) is 5.45. The number of hydrogen-bond donors (Lipinski definition) is 2. The molecule has 0 radical (unpaired) electrons. The number of nitrogens with two attached hydrogens (primary N) is 1. The van der Waals surface area contributed by atoms with E-state index in [9.17, 15) is 0 Å². The molecule has 0 saturated carbocycles. The topological polar surface area (TPSA) is 55.9 Å². The Morgan fingerprint density at radius 1 is 1.30 bits per heavy atom. The fourth-order valence-electron chi connectivity index (χ4n) is 2.70. The second-order valence-corrected chi connectivity index (χ2v) is 5.45. The van der Waals surface area contributed by atoms with E-state index in [1.54, 1.807) is 0 Å². The van der Waals surface area contributed by atoms with E-state index < -0.39 is 0 Å². The number of benzene rings is 1. The normalized spacial score (nSPS) is 12.7. The van der Waals surface area contributed by atoms with Crippen molar-refractivity contribution in [1.29, 1.82) is 0 Å². The van der Waals surface area contributed by atoms with Gasteiger partial charge in [0.25, 0.3) is 0 Å². The molecule has 2 rings (SSSR count). The zero-order valence-corrected chi connectivity index (χ0v) is 12.8. The highest BCUT2D eigenvalue weighted by Crippen LogP contribution is 2.22. The SMILES string of the molecule is Cc1cccc(C(CCc2c(C)nn(C)c2C)NN)c1. The highest BCUT2D eigenvalue weighted by Gasteiger charge is 2.14. The Kier molecular flexibility index (Phi) is 4.57. The lowest BCUT2D eigenvalue weighted by atomic mass is 9.97. The molecule has 108 valence electrons. The van der Waals surface area contributed by atoms with Crippen LogP contribution in [0.5, 0.6) is 0 Å². The smallest absolute Gasteiger partial charge is 0.0628 e. The third-order valence-corrected chi connectivity index (χ3v) is 3.99. The summed E-state index contributed by atoms with van der Waals surface area (Å²) in [5.41, 5.74) is 9.13. The van der Waals surface area contributed by atoms with E-state index in [4.69, 9.17) is 5.84 Å². The number of aromatic nitrogens is 2. The van der Waals surface area contributed by atoms with Crippen LogP contribution in [0, 0.1) is 20.8 Å². The first-order valence-electron chi connectivity index (χ1n) is 7.04. The summed E-state index contributed by atoms with van der Waals surface area (Å²) in [4.78, 5) is 0. The standard InChI is InChI=1S/C16H24N4/c1-11-6-5-7-14(10-11)16(18-17)9-8-15-12(2)19-20(4)13(15)3/h5-7,10,16,18H,8-9,17H2,1-4H3. The predicted octanol–water partition coefficient (Wildman–Crippen LogP) is 2.48. The van der Waals surface area contributed by atoms with E-state index in [0.29, 0.717) is 0 Å². The van der Waals surface area contributed by atoms with Crippen molar-refractivity contribution in [2.75, 3.05) is 0 Å². The molecule has 1 atom stereocenters. The molecule has 0 aliphatic heterocycles. The Labute approximate surface area is 121 Å². The molecule has 0 saturated heterocycles. The average molecular weight is 272 g/mol. The maximum atomic E-state index is 5.73. The van der Waals surface area contributed by atoms with Gasteiger partial charge in [0.15, 0.2) is 0 Å². The van der Waals surface area contributed by atoms with Gasteiger partial charge >= 0.3 is 0 Å². The highest BCUT2D eigenvalue weighted by atomic mass is 15.3. The Bertz CT molecular complexity index is 586. The molecule has 0 spiro atoms. The molecule has 1 heterocycles. The molecule has 20 heavy (non-hydrogen) atoms. The quantitative estimate of drug-likeness (QED) is 0.649. The Morgan fingerprint density at radius 3 is 2.60 bits per heavy atom. The van der Waals surface area contributed by atoms with Crippen LogP contribution < -0.4 is 11.3 Å². The monoisotopic (exact) mass is 272 g/mol. The largest absolute Gasteiger partial charge is 0.272 e. The van der Waals surface area contributed by atoms with Crippen LogP contribution in [0.15, 0.2) is 24.3 Å². The van der Waals surface area contributed by atoms with Gasteiger partial charge < -0.3 is 0 Å². The molecule has 1 unspecified atom stereocenters. The van der Waals surface area contributed by atoms with Gasteiger partial charge in [-0.05, 0) is 44.7 Å². The molecule has 0 aliphatic carbocycles. The Balaban J connectivity index is 2.11. The molecule has 0 amide bonds. The first-order valence-corrected chi connectivity index (χ1v) is 7.04. The van der Waals surface area contributed by atoms with Crippen molar-refractivity contribution in [3.05, 3.63) is 52.3 Å². The minimum absolute atomic E-state index is 0.175. The third-order valence-electron chi connectivity index (χ3n) is 3.99. The summed E-state index contributed by atoms with van der Waals surface area (Å²) in [5.74, 6) is 5.73. The van der Waals surface area contributed by atoms with E-state index in [2.05, 4.69) is 55.6 Å². The van der Waals surface area contributed by atoms with Gasteiger partial charge in [-0.25, -0.2) is 0 Å². The van der Waals surface area contributed by atoms with Crippen LogP contribution in [-0.2, 0) is 13.5 Å². The Hall–Kier alpha value is -1.65. The lowest BCUT2D eigenvalue weighted by Crippen LogP contribution is -2.28. The summed E-state index contributed by atoms with van der Waals surface area (Å²) in [5, 5.41) is 4.47. The molecular formula is C16H24N4. The van der Waals surface area contributed by atoms with Crippen molar-refractivity contribution in [2.45, 2.75) is 39.7 Å². The summed E-state index contributed by atoms with van der Waals surface area (Å²) >= 11 is 0. The maximum Gasteiger partial charge on any atom is 0.0628 e. The van der Waals surface area contributed by atoms with Crippen LogP contribution in [0.25, 0.3) is 0 Å². The van der Waals surface area contributed by atoms with Gasteiger partial charge in [-0.1, -0.05) is 29.8 Å². The van der Waals surface area contributed by atoms with Crippen molar-refractivity contribution in [2.24, 2.45) is 12.9 Å². The number of aryl methyl sites for hydroxylation is 3. The number of rotatable bonds is 5. The molecular weight excluding hydrogens is 248 g/mol. The molecule has 1 aromatic carbocycles. The van der Waals surface area contributed by atoms with Crippen LogP contribution in [0.2, 0.25) is 0 Å². The fourth-order valence-corrected chi connectivity index (χ4v) is 2.70. The number of hydrogen-bond acceptors (Lipinski definition) is 3. The van der Waals surface area contributed by atoms with E-state index in [0.717, 1.165) is 18.5 Å². The third kappa shape index (κ3) is 3.08. The van der Waals surface area contributed by atoms with Crippen molar-refractivity contribution >= 4 is 0 Å². The highest BCUT2D eigenvalue weighted by molar-refractivity contribution is 5.27. The van der Waals surface area contributed by atoms with Gasteiger partial charge in [0.1, 0.15) is 0 Å². The first-order chi connectivity index (χ1) is 9.52. The fraction of sp³-hybridized carbons (Fsp3) is 0.438. The van der Waals surface area contributed by atoms with Crippen LogP contribution in [0.4, 0.5) is 0 Å². The van der Waals surface area contributed by atoms with Crippen molar-refractivity contribution in [3.8, 4) is 0 Å². The van der Waals surface area contributed by atoms with E-state index in [1.165, 1.54) is 22.4 Å². The van der Waals surface area contributed by atoms with Crippen LogP contribution in [-0.4, -0.2) is 9.78 Å². The minimum atomic E-state index is 0.175. The summed E-state index contributed by atoms with van der Waals surface area (Å²) in [7, 11) is 1.99. The molecule has 2 aromatic rings. The van der Waals surface area contributed by atoms with Crippen LogP contribution in [0.1, 0.15) is 40.5 Å². The lowest BCUT2D eigenvalue weighted by molar-refractivity contribution is 0.515. The molecule has 0 fully saturated rings. The maximum absolute atomic E-state index is 5.73. The van der Waals surface area contributed by atoms with Gasteiger partial charge in [0.05, 0.1) is 5.69 Å². The molecule has 3 N–H and O–H groups in total. The van der Waals surface area contributed by atoms with Gasteiger partial charge in [-0.15, -0.1) is 0 Å². The van der Waals surface area contributed by atoms with E-state index in [-0.39, 0.29) is 6.04 Å². The van der Waals surface area contributed by atoms with Crippen LogP contribution >= 0.6 is 0 Å². The van der Waals surface area contributed by atoms with Gasteiger partial charge in [-0.2, -0.15) is 5.10 Å². The van der Waals surface area contributed by atoms with Crippen molar-refractivity contribution < 1.29 is 0 Å². The average Bonchev–Trinajstić information content (AvgIpc) is 2.65. The summed E-state index contributed by atoms with van der Waals surface area (Å²) < 4.78 is 1.95. The summed E-state index contributed by atoms with van der Waals surface area (Å²) in [6, 6.07) is 8.67. The number of hydrazine groups is 1. The zero-order chi connectivity index (χ0) is 14.7. The van der Waals surface area contributed by atoms with Crippen molar-refractivity contribution in [1.82, 2.24) is 15.2 Å². The van der Waals surface area contributed by atoms with Gasteiger partial charge in [-0.3, -0.25) is 16.0 Å². The van der Waals surface area contributed by atoms with E-state index >= 15 is 0 Å². The zero-order valence-electron chi connectivity index (χ0n) is 12.8. The lowest BCUT2D eigenvalue weighted by Gasteiger charge is -2.17. The van der Waals surface area contributed by atoms with Crippen LogP contribution in [0.3, 0.4) is 0 Å². The number of nitrogens with zero attached hydrogens (tertiary/aromatic N) is 2. The van der Waals surface area contributed by atoms with Crippen molar-refractivity contribution in [3.63, 3.8) is 0 Å². The minimum Gasteiger partial charge on any atom is -0.272 e. The number of nitrogens with one attached hydrogen (secondary N) is 1. The molecule has 0 bridgehead atoms. The molecule has 1 aromatic heterocycles. The molecule has 0 aliphatic rings.